The molecule has 0 amide bonds. The Kier molecular flexibility index (Phi) is 6.37. The zero-order valence-corrected chi connectivity index (χ0v) is 15.0. The molecule has 0 aromatic rings. The van der Waals surface area contributed by atoms with E-state index in [-0.39, 0.29) is 5.57 Å². The highest BCUT2D eigenvalue weighted by atomic mass is 16.8. The molecule has 28 heavy (non-hydrogen) atoms. The van der Waals surface area contributed by atoms with Crippen LogP contribution in [0.5, 0.6) is 0 Å². The number of rotatable bonds is 5. The fourth-order valence-corrected chi connectivity index (χ4v) is 3.79. The number of hydrogen-bond donors (Lipinski definition) is 6. The first-order chi connectivity index (χ1) is 13.3. The summed E-state index contributed by atoms with van der Waals surface area (Å²) in [5.41, 5.74) is 0.398. The van der Waals surface area contributed by atoms with Crippen LogP contribution < -0.4 is 0 Å². The predicted molar refractivity (Wildman–Crippen MR) is 88.0 cm³/mol. The van der Waals surface area contributed by atoms with Gasteiger partial charge < -0.3 is 49.6 Å². The largest absolute Gasteiger partial charge is 0.471 e. The van der Waals surface area contributed by atoms with Crippen molar-refractivity contribution in [3.63, 3.8) is 0 Å². The standard InChI is InChI=1S/C17H24O11/c1-25-15(24)7-5-26-16(10-6(3-18)2-8(20)11(7)10)28-17-14(23)13(22)12(21)9(4-19)27-17/h2,5,8-14,16-23H,3-4H2,1H3/t8-,9-,10-,11+,12-,13+,14-,16+,17+/m0/s1. The van der Waals surface area contributed by atoms with Gasteiger partial charge in [-0.25, -0.2) is 4.79 Å². The first kappa shape index (κ1) is 21.1. The molecule has 6 N–H and O–H groups in total. The zero-order chi connectivity index (χ0) is 20.6. The lowest BCUT2D eigenvalue weighted by Gasteiger charge is -2.43. The van der Waals surface area contributed by atoms with Crippen molar-refractivity contribution in [2.45, 2.75) is 43.1 Å². The van der Waals surface area contributed by atoms with Gasteiger partial charge in [-0.05, 0) is 5.57 Å². The molecule has 0 saturated carbocycles. The summed E-state index contributed by atoms with van der Waals surface area (Å²) in [5, 5.41) is 59.1. The lowest BCUT2D eigenvalue weighted by Crippen LogP contribution is -2.60. The van der Waals surface area contributed by atoms with Crippen LogP contribution in [0, 0.1) is 11.8 Å². The van der Waals surface area contributed by atoms with Crippen molar-refractivity contribution in [3.05, 3.63) is 23.5 Å². The van der Waals surface area contributed by atoms with Gasteiger partial charge in [-0.1, -0.05) is 6.08 Å². The van der Waals surface area contributed by atoms with Gasteiger partial charge in [-0.3, -0.25) is 0 Å². The Morgan fingerprint density at radius 2 is 1.79 bits per heavy atom. The Labute approximate surface area is 160 Å². The molecule has 3 aliphatic rings. The molecule has 1 fully saturated rings. The van der Waals surface area contributed by atoms with E-state index >= 15 is 0 Å². The van der Waals surface area contributed by atoms with Crippen LogP contribution in [0.1, 0.15) is 0 Å². The fraction of sp³-hybridized carbons (Fsp3) is 0.706. The van der Waals surface area contributed by atoms with Gasteiger partial charge in [0.1, 0.15) is 24.4 Å². The minimum Gasteiger partial charge on any atom is -0.471 e. The van der Waals surface area contributed by atoms with Crippen molar-refractivity contribution in [2.75, 3.05) is 20.3 Å². The minimum atomic E-state index is -1.65. The Balaban J connectivity index is 1.84. The third-order valence-electron chi connectivity index (χ3n) is 5.27. The number of esters is 1. The van der Waals surface area contributed by atoms with Crippen molar-refractivity contribution < 1.29 is 54.4 Å². The summed E-state index contributed by atoms with van der Waals surface area (Å²) >= 11 is 0. The van der Waals surface area contributed by atoms with Gasteiger partial charge in [0.25, 0.3) is 0 Å². The molecule has 2 aliphatic heterocycles. The molecule has 1 aliphatic carbocycles. The van der Waals surface area contributed by atoms with Crippen LogP contribution in [-0.4, -0.2) is 100 Å². The predicted octanol–water partition coefficient (Wildman–Crippen LogP) is -3.26. The van der Waals surface area contributed by atoms with Crippen molar-refractivity contribution in [3.8, 4) is 0 Å². The Morgan fingerprint density at radius 3 is 2.39 bits per heavy atom. The number of fused-ring (bicyclic) bond motifs is 1. The molecule has 9 atom stereocenters. The number of hydrogen-bond acceptors (Lipinski definition) is 11. The Bertz CT molecular complexity index is 645. The second-order valence-electron chi connectivity index (χ2n) is 6.84. The molecule has 0 unspecified atom stereocenters. The Hall–Kier alpha value is -1.57. The van der Waals surface area contributed by atoms with E-state index in [1.165, 1.54) is 13.2 Å². The van der Waals surface area contributed by atoms with Crippen molar-refractivity contribution in [1.82, 2.24) is 0 Å². The molecule has 0 aromatic carbocycles. The van der Waals surface area contributed by atoms with Crippen LogP contribution in [0.3, 0.4) is 0 Å². The van der Waals surface area contributed by atoms with Crippen LogP contribution >= 0.6 is 0 Å². The second-order valence-corrected chi connectivity index (χ2v) is 6.84. The number of carbonyl (C=O) groups is 1. The van der Waals surface area contributed by atoms with Gasteiger partial charge in [-0.2, -0.15) is 0 Å². The average Bonchev–Trinajstić information content (AvgIpc) is 3.05. The fourth-order valence-electron chi connectivity index (χ4n) is 3.79. The van der Waals surface area contributed by atoms with E-state index in [1.54, 1.807) is 0 Å². The quantitative estimate of drug-likeness (QED) is 0.200. The van der Waals surface area contributed by atoms with Crippen molar-refractivity contribution >= 4 is 5.97 Å². The van der Waals surface area contributed by atoms with E-state index < -0.39 is 74.1 Å². The second kappa shape index (κ2) is 8.43. The van der Waals surface area contributed by atoms with Gasteiger partial charge in [0.15, 0.2) is 6.29 Å². The summed E-state index contributed by atoms with van der Waals surface area (Å²) in [5.74, 6) is -2.34. The van der Waals surface area contributed by atoms with Gasteiger partial charge in [0, 0.05) is 5.92 Å². The SMILES string of the molecule is COC(=O)C1=CO[C@H](O[C@H]2O[C@@H](CO)[C@H](O)[C@@H](O)[C@@H]2O)[C@H]2C(CO)=C[C@H](O)[C@@H]12. The van der Waals surface area contributed by atoms with E-state index in [9.17, 15) is 35.4 Å². The monoisotopic (exact) mass is 404 g/mol. The molecular weight excluding hydrogens is 380 g/mol. The lowest BCUT2D eigenvalue weighted by molar-refractivity contribution is -0.340. The number of carbonyl (C=O) groups excluding carboxylic acids is 1. The highest BCUT2D eigenvalue weighted by Crippen LogP contribution is 2.44. The number of ether oxygens (including phenoxy) is 4. The maximum absolute atomic E-state index is 12.0. The van der Waals surface area contributed by atoms with Crippen LogP contribution in [0.4, 0.5) is 0 Å². The minimum absolute atomic E-state index is 0.0494. The highest BCUT2D eigenvalue weighted by molar-refractivity contribution is 5.89. The molecule has 0 spiro atoms. The first-order valence-electron chi connectivity index (χ1n) is 8.73. The average molecular weight is 404 g/mol. The van der Waals surface area contributed by atoms with E-state index in [4.69, 9.17) is 18.9 Å². The highest BCUT2D eigenvalue weighted by Gasteiger charge is 2.52. The van der Waals surface area contributed by atoms with Crippen LogP contribution in [0.25, 0.3) is 0 Å². The van der Waals surface area contributed by atoms with Crippen LogP contribution in [-0.2, 0) is 23.7 Å². The molecule has 3 rings (SSSR count). The summed E-state index contributed by atoms with van der Waals surface area (Å²) in [4.78, 5) is 12.0. The third-order valence-corrected chi connectivity index (χ3v) is 5.27. The van der Waals surface area contributed by atoms with E-state index in [1.807, 2.05) is 0 Å². The van der Waals surface area contributed by atoms with Gasteiger partial charge in [-0.15, -0.1) is 0 Å². The molecule has 0 bridgehead atoms. The summed E-state index contributed by atoms with van der Waals surface area (Å²) in [6.45, 7) is -1.07. The summed E-state index contributed by atoms with van der Waals surface area (Å²) in [6, 6.07) is 0. The van der Waals surface area contributed by atoms with E-state index in [0.717, 1.165) is 6.26 Å². The van der Waals surface area contributed by atoms with Gasteiger partial charge in [0.05, 0.1) is 44.2 Å². The van der Waals surface area contributed by atoms with Crippen molar-refractivity contribution in [1.29, 1.82) is 0 Å². The molecule has 11 heteroatoms. The first-order valence-corrected chi connectivity index (χ1v) is 8.73. The number of aliphatic hydroxyl groups excluding tert-OH is 6. The molecule has 2 heterocycles. The molecule has 0 aromatic heterocycles. The normalized spacial score (nSPS) is 42.9. The zero-order valence-electron chi connectivity index (χ0n) is 15.0. The maximum atomic E-state index is 12.0. The van der Waals surface area contributed by atoms with E-state index in [2.05, 4.69) is 0 Å². The maximum Gasteiger partial charge on any atom is 0.337 e. The lowest BCUT2D eigenvalue weighted by atomic mass is 9.82. The molecule has 1 saturated heterocycles. The summed E-state index contributed by atoms with van der Waals surface area (Å²) in [6.07, 6.45) is -7.36. The van der Waals surface area contributed by atoms with E-state index in [0.29, 0.717) is 5.57 Å². The van der Waals surface area contributed by atoms with Gasteiger partial charge >= 0.3 is 5.97 Å². The molecule has 0 radical (unpaired) electrons. The number of aliphatic hydroxyl groups is 6. The summed E-state index contributed by atoms with van der Waals surface area (Å²) < 4.78 is 21.1. The molecular formula is C17H24O11. The molecule has 11 nitrogen and oxygen atoms in total. The van der Waals surface area contributed by atoms with Crippen LogP contribution in [0.2, 0.25) is 0 Å². The van der Waals surface area contributed by atoms with Gasteiger partial charge in [0.2, 0.25) is 6.29 Å². The van der Waals surface area contributed by atoms with Crippen molar-refractivity contribution in [2.24, 2.45) is 11.8 Å². The summed E-state index contributed by atoms with van der Waals surface area (Å²) in [7, 11) is 1.18. The third kappa shape index (κ3) is 3.55. The topological polar surface area (TPSA) is 175 Å². The smallest absolute Gasteiger partial charge is 0.337 e. The van der Waals surface area contributed by atoms with Crippen LogP contribution in [0.15, 0.2) is 23.5 Å². The number of methoxy groups -OCH3 is 1. The molecule has 158 valence electrons. The Morgan fingerprint density at radius 1 is 1.07 bits per heavy atom.